The van der Waals surface area contributed by atoms with E-state index in [0.29, 0.717) is 11.6 Å². The molecular formula is C17H14IN3OS. The third-order valence-corrected chi connectivity index (χ3v) is 5.28. The monoisotopic (exact) mass is 435 g/mol. The lowest BCUT2D eigenvalue weighted by Crippen LogP contribution is -2.31. The smallest absolute Gasteiger partial charge is 0.265 e. The molecular weight excluding hydrogens is 421 g/mol. The number of likely N-dealkylation sites (tertiary alicyclic amines) is 1. The minimum absolute atomic E-state index is 0.0487. The van der Waals surface area contributed by atoms with Gasteiger partial charge in [0, 0.05) is 21.7 Å². The lowest BCUT2D eigenvalue weighted by atomic mass is 10.0. The molecule has 0 bridgehead atoms. The van der Waals surface area contributed by atoms with Gasteiger partial charge in [-0.1, -0.05) is 12.1 Å². The number of nitriles is 1. The van der Waals surface area contributed by atoms with Gasteiger partial charge in [-0.2, -0.15) is 5.26 Å². The van der Waals surface area contributed by atoms with Gasteiger partial charge in [0.15, 0.2) is 0 Å². The van der Waals surface area contributed by atoms with Gasteiger partial charge in [-0.3, -0.25) is 4.79 Å². The summed E-state index contributed by atoms with van der Waals surface area (Å²) in [5.41, 5.74) is 1.28. The van der Waals surface area contributed by atoms with E-state index >= 15 is 0 Å². The summed E-state index contributed by atoms with van der Waals surface area (Å²) < 4.78 is 1.17. The van der Waals surface area contributed by atoms with Gasteiger partial charge in [-0.15, -0.1) is 11.3 Å². The zero-order valence-corrected chi connectivity index (χ0v) is 15.3. The molecule has 3 rings (SSSR count). The van der Waals surface area contributed by atoms with E-state index in [-0.39, 0.29) is 17.5 Å². The van der Waals surface area contributed by atoms with Crippen LogP contribution >= 0.6 is 33.9 Å². The number of hydrogen-bond donors (Lipinski definition) is 0. The molecule has 2 aromatic rings. The van der Waals surface area contributed by atoms with Crippen molar-refractivity contribution in [1.29, 1.82) is 5.26 Å². The summed E-state index contributed by atoms with van der Waals surface area (Å²) in [7, 11) is 0. The number of thiazole rings is 1. The minimum atomic E-state index is -0.205. The quantitative estimate of drug-likeness (QED) is 0.416. The van der Waals surface area contributed by atoms with E-state index in [1.54, 1.807) is 12.3 Å². The molecule has 1 aromatic heterocycles. The van der Waals surface area contributed by atoms with Crippen molar-refractivity contribution in [3.05, 3.63) is 55.6 Å². The summed E-state index contributed by atoms with van der Waals surface area (Å²) in [5, 5.41) is 11.9. The van der Waals surface area contributed by atoms with Gasteiger partial charge in [0.2, 0.25) is 0 Å². The number of aromatic nitrogens is 1. The summed E-state index contributed by atoms with van der Waals surface area (Å²) in [4.78, 5) is 18.7. The molecule has 1 atom stereocenters. The number of carbonyl (C=O) groups excluding carboxylic acids is 1. The van der Waals surface area contributed by atoms with Crippen LogP contribution in [-0.4, -0.2) is 22.3 Å². The molecule has 4 nitrogen and oxygen atoms in total. The van der Waals surface area contributed by atoms with Gasteiger partial charge in [0.1, 0.15) is 16.6 Å². The first-order valence-corrected chi connectivity index (χ1v) is 9.22. The highest BCUT2D eigenvalue weighted by Crippen LogP contribution is 2.33. The SMILES string of the molecule is N#C/C(=C\c1nccs1)C(=O)N1CCCC1c1ccc(I)cc1. The Hall–Kier alpha value is -1.72. The topological polar surface area (TPSA) is 57.0 Å². The van der Waals surface area contributed by atoms with Gasteiger partial charge in [-0.05, 0) is 59.2 Å². The van der Waals surface area contributed by atoms with Crippen LogP contribution in [0.3, 0.4) is 0 Å². The van der Waals surface area contributed by atoms with E-state index in [1.165, 1.54) is 14.9 Å². The van der Waals surface area contributed by atoms with Crippen molar-refractivity contribution >= 4 is 45.9 Å². The van der Waals surface area contributed by atoms with Gasteiger partial charge in [-0.25, -0.2) is 4.98 Å². The molecule has 0 radical (unpaired) electrons. The van der Waals surface area contributed by atoms with E-state index < -0.39 is 0 Å². The summed E-state index contributed by atoms with van der Waals surface area (Å²) in [6.45, 7) is 0.687. The van der Waals surface area contributed by atoms with Crippen LogP contribution in [0, 0.1) is 14.9 Å². The molecule has 0 aliphatic carbocycles. The first-order valence-electron chi connectivity index (χ1n) is 7.27. The molecule has 1 aliphatic rings. The Balaban J connectivity index is 1.85. The van der Waals surface area contributed by atoms with Crippen molar-refractivity contribution in [2.24, 2.45) is 0 Å². The molecule has 0 saturated carbocycles. The van der Waals surface area contributed by atoms with Gasteiger partial charge in [0.05, 0.1) is 6.04 Å². The molecule has 1 saturated heterocycles. The van der Waals surface area contributed by atoms with Crippen LogP contribution in [0.4, 0.5) is 0 Å². The van der Waals surface area contributed by atoms with Gasteiger partial charge in [0.25, 0.3) is 5.91 Å². The standard InChI is InChI=1S/C17H14IN3OS/c18-14-5-3-12(4-6-14)15-2-1-8-21(15)17(22)13(11-19)10-16-20-7-9-23-16/h3-7,9-10,15H,1-2,8H2/b13-10+. The van der Waals surface area contributed by atoms with Crippen LogP contribution in [0.1, 0.15) is 29.5 Å². The summed E-state index contributed by atoms with van der Waals surface area (Å²) in [5.74, 6) is -0.205. The highest BCUT2D eigenvalue weighted by atomic mass is 127. The summed E-state index contributed by atoms with van der Waals surface area (Å²) in [6, 6.07) is 10.3. The predicted octanol–water partition coefficient (Wildman–Crippen LogP) is 4.02. The maximum absolute atomic E-state index is 12.8. The highest BCUT2D eigenvalue weighted by molar-refractivity contribution is 14.1. The van der Waals surface area contributed by atoms with Crippen LogP contribution in [0.15, 0.2) is 41.4 Å². The molecule has 6 heteroatoms. The second kappa shape index (κ2) is 7.23. The van der Waals surface area contributed by atoms with Gasteiger partial charge < -0.3 is 4.90 Å². The molecule has 1 aliphatic heterocycles. The Morgan fingerprint density at radius 1 is 1.43 bits per heavy atom. The Labute approximate surface area is 152 Å². The second-order valence-electron chi connectivity index (χ2n) is 5.25. The number of rotatable bonds is 3. The third-order valence-electron chi connectivity index (χ3n) is 3.84. The maximum atomic E-state index is 12.8. The Bertz CT molecular complexity index is 762. The molecule has 116 valence electrons. The van der Waals surface area contributed by atoms with E-state index in [2.05, 4.69) is 39.7 Å². The molecule has 1 fully saturated rings. The normalized spacial score (nSPS) is 18.0. The van der Waals surface area contributed by atoms with Crippen LogP contribution in [0.25, 0.3) is 6.08 Å². The highest BCUT2D eigenvalue weighted by Gasteiger charge is 2.31. The average molecular weight is 435 g/mol. The number of benzene rings is 1. The first kappa shape index (κ1) is 16.1. The molecule has 23 heavy (non-hydrogen) atoms. The second-order valence-corrected chi connectivity index (χ2v) is 7.42. The molecule has 0 N–H and O–H groups in total. The third kappa shape index (κ3) is 3.62. The average Bonchev–Trinajstić information content (AvgIpc) is 3.24. The molecule has 1 aromatic carbocycles. The number of amides is 1. The zero-order valence-electron chi connectivity index (χ0n) is 12.3. The fourth-order valence-corrected chi connectivity index (χ4v) is 3.70. The Morgan fingerprint density at radius 3 is 2.87 bits per heavy atom. The van der Waals surface area contributed by atoms with Crippen LogP contribution in [-0.2, 0) is 4.79 Å². The number of hydrogen-bond acceptors (Lipinski definition) is 4. The maximum Gasteiger partial charge on any atom is 0.265 e. The summed E-state index contributed by atoms with van der Waals surface area (Å²) >= 11 is 3.68. The van der Waals surface area contributed by atoms with Crippen molar-refractivity contribution in [1.82, 2.24) is 9.88 Å². The predicted molar refractivity (Wildman–Crippen MR) is 98.6 cm³/mol. The number of carbonyl (C=O) groups is 1. The van der Waals surface area contributed by atoms with Gasteiger partial charge >= 0.3 is 0 Å². The molecule has 1 unspecified atom stereocenters. The van der Waals surface area contributed by atoms with E-state index in [4.69, 9.17) is 0 Å². The van der Waals surface area contributed by atoms with E-state index in [1.807, 2.05) is 28.5 Å². The minimum Gasteiger partial charge on any atom is -0.331 e. The van der Waals surface area contributed by atoms with E-state index in [9.17, 15) is 10.1 Å². The zero-order chi connectivity index (χ0) is 16.2. The fraction of sp³-hybridized carbons (Fsp3) is 0.235. The first-order chi connectivity index (χ1) is 11.2. The van der Waals surface area contributed by atoms with Crippen molar-refractivity contribution in [3.8, 4) is 6.07 Å². The number of halogens is 1. The lowest BCUT2D eigenvalue weighted by Gasteiger charge is -2.24. The fourth-order valence-electron chi connectivity index (χ4n) is 2.77. The number of nitrogens with zero attached hydrogens (tertiary/aromatic N) is 3. The van der Waals surface area contributed by atoms with Crippen LogP contribution in [0.5, 0.6) is 0 Å². The largest absolute Gasteiger partial charge is 0.331 e. The lowest BCUT2D eigenvalue weighted by molar-refractivity contribution is -0.127. The Morgan fingerprint density at radius 2 is 2.22 bits per heavy atom. The van der Waals surface area contributed by atoms with Crippen LogP contribution < -0.4 is 0 Å². The molecule has 2 heterocycles. The summed E-state index contributed by atoms with van der Waals surface area (Å²) in [6.07, 6.45) is 5.14. The van der Waals surface area contributed by atoms with E-state index in [0.717, 1.165) is 18.4 Å². The van der Waals surface area contributed by atoms with Crippen LogP contribution in [0.2, 0.25) is 0 Å². The van der Waals surface area contributed by atoms with Crippen molar-refractivity contribution < 1.29 is 4.79 Å². The van der Waals surface area contributed by atoms with Crippen molar-refractivity contribution in [2.45, 2.75) is 18.9 Å². The molecule has 1 amide bonds. The van der Waals surface area contributed by atoms with Crippen molar-refractivity contribution in [2.75, 3.05) is 6.54 Å². The Kier molecular flexibility index (Phi) is 5.08. The molecule has 0 spiro atoms. The van der Waals surface area contributed by atoms with Crippen molar-refractivity contribution in [3.63, 3.8) is 0 Å².